The molecule has 0 bridgehead atoms. The number of rotatable bonds is 7. The van der Waals surface area contributed by atoms with Crippen LogP contribution in [0.5, 0.6) is 0 Å². The van der Waals surface area contributed by atoms with E-state index in [1.54, 1.807) is 0 Å². The molecule has 0 saturated carbocycles. The number of hydrogen-bond donors (Lipinski definition) is 2. The molecular formula is C26H30N2O6. The summed E-state index contributed by atoms with van der Waals surface area (Å²) in [4.78, 5) is 38.8. The lowest BCUT2D eigenvalue weighted by Crippen LogP contribution is -2.59. The zero-order chi connectivity index (χ0) is 24.3. The van der Waals surface area contributed by atoms with Crippen LogP contribution < -0.4 is 5.32 Å². The minimum absolute atomic E-state index is 0.0750. The van der Waals surface area contributed by atoms with E-state index < -0.39 is 23.7 Å². The number of aliphatic carboxylic acids is 1. The summed E-state index contributed by atoms with van der Waals surface area (Å²) in [6, 6.07) is 15.4. The molecule has 2 aliphatic rings. The Morgan fingerprint density at radius 2 is 1.76 bits per heavy atom. The number of nitrogens with zero attached hydrogens (tertiary/aromatic N) is 1. The van der Waals surface area contributed by atoms with E-state index in [0.29, 0.717) is 12.8 Å². The number of amides is 2. The zero-order valence-electron chi connectivity index (χ0n) is 19.5. The fourth-order valence-corrected chi connectivity index (χ4v) is 4.74. The van der Waals surface area contributed by atoms with Crippen molar-refractivity contribution < 1.29 is 29.0 Å². The van der Waals surface area contributed by atoms with Gasteiger partial charge in [-0.3, -0.25) is 4.79 Å². The van der Waals surface area contributed by atoms with Crippen molar-refractivity contribution in [3.63, 3.8) is 0 Å². The molecule has 4 rings (SSSR count). The van der Waals surface area contributed by atoms with Crippen LogP contribution in [0.25, 0.3) is 11.1 Å². The molecule has 0 radical (unpaired) electrons. The summed E-state index contributed by atoms with van der Waals surface area (Å²) >= 11 is 0. The predicted molar refractivity (Wildman–Crippen MR) is 125 cm³/mol. The molecule has 34 heavy (non-hydrogen) atoms. The lowest BCUT2D eigenvalue weighted by molar-refractivity contribution is -0.177. The van der Waals surface area contributed by atoms with Gasteiger partial charge in [-0.05, 0) is 35.6 Å². The Bertz CT molecular complexity index is 1040. The van der Waals surface area contributed by atoms with Gasteiger partial charge in [-0.15, -0.1) is 0 Å². The molecule has 2 aromatic rings. The van der Waals surface area contributed by atoms with Crippen LogP contribution in [0.4, 0.5) is 4.79 Å². The first-order valence-electron chi connectivity index (χ1n) is 11.6. The molecule has 2 aromatic carbocycles. The van der Waals surface area contributed by atoms with Crippen LogP contribution in [0, 0.1) is 0 Å². The number of carbonyl (C=O) groups excluding carboxylic acids is 2. The molecule has 1 aliphatic heterocycles. The number of carbonyl (C=O) groups is 3. The van der Waals surface area contributed by atoms with Crippen LogP contribution >= 0.6 is 0 Å². The van der Waals surface area contributed by atoms with Crippen molar-refractivity contribution in [2.75, 3.05) is 26.3 Å². The van der Waals surface area contributed by atoms with Crippen molar-refractivity contribution in [2.45, 2.75) is 44.2 Å². The largest absolute Gasteiger partial charge is 0.479 e. The Hall–Kier alpha value is -3.39. The number of alkyl carbamates (subject to hydrolysis) is 1. The van der Waals surface area contributed by atoms with Gasteiger partial charge < -0.3 is 24.8 Å². The highest BCUT2D eigenvalue weighted by molar-refractivity contribution is 5.87. The molecule has 8 heteroatoms. The molecule has 2 N–H and O–H groups in total. The molecule has 2 amide bonds. The van der Waals surface area contributed by atoms with Crippen molar-refractivity contribution in [3.8, 4) is 11.1 Å². The quantitative estimate of drug-likeness (QED) is 0.648. The first-order valence-corrected chi connectivity index (χ1v) is 11.6. The minimum atomic E-state index is -1.46. The third kappa shape index (κ3) is 4.63. The smallest absolute Gasteiger partial charge is 0.407 e. The highest BCUT2D eigenvalue weighted by Gasteiger charge is 2.42. The maximum atomic E-state index is 13.1. The van der Waals surface area contributed by atoms with Crippen molar-refractivity contribution in [1.82, 2.24) is 10.2 Å². The summed E-state index contributed by atoms with van der Waals surface area (Å²) < 4.78 is 11.0. The molecular weight excluding hydrogens is 436 g/mol. The van der Waals surface area contributed by atoms with E-state index in [9.17, 15) is 19.5 Å². The van der Waals surface area contributed by atoms with Crippen LogP contribution in [0.1, 0.15) is 43.7 Å². The van der Waals surface area contributed by atoms with Gasteiger partial charge in [-0.25, -0.2) is 9.59 Å². The van der Waals surface area contributed by atoms with E-state index in [4.69, 9.17) is 9.47 Å². The second kappa shape index (κ2) is 9.85. The fourth-order valence-electron chi connectivity index (χ4n) is 4.74. The summed E-state index contributed by atoms with van der Waals surface area (Å²) in [7, 11) is 0. The fraction of sp³-hybridized carbons (Fsp3) is 0.423. The number of nitrogens with one attached hydrogen (secondary N) is 1. The maximum Gasteiger partial charge on any atom is 0.407 e. The maximum absolute atomic E-state index is 13.1. The minimum Gasteiger partial charge on any atom is -0.479 e. The summed E-state index contributed by atoms with van der Waals surface area (Å²) in [6.07, 6.45) is 0.424. The van der Waals surface area contributed by atoms with Crippen molar-refractivity contribution >= 4 is 18.0 Å². The standard InChI is InChI=1S/C26H30N2O6/c1-3-8-22(23(29)28-13-14-34-26(2,16-28)24(30)31)27-25(32)33-15-21-19-11-6-4-9-17(19)18-10-5-7-12-20(18)21/h4-7,9-12,21-22H,3,8,13-16H2,1-2H3,(H,27,32)(H,30,31). The topological polar surface area (TPSA) is 105 Å². The average molecular weight is 467 g/mol. The first kappa shape index (κ1) is 23.8. The monoisotopic (exact) mass is 466 g/mol. The van der Waals surface area contributed by atoms with E-state index >= 15 is 0 Å². The molecule has 0 aromatic heterocycles. The van der Waals surface area contributed by atoms with Gasteiger partial charge in [0.05, 0.1) is 13.2 Å². The van der Waals surface area contributed by atoms with Gasteiger partial charge in [0, 0.05) is 12.5 Å². The van der Waals surface area contributed by atoms with E-state index in [1.807, 2.05) is 43.3 Å². The van der Waals surface area contributed by atoms with Gasteiger partial charge in [0.15, 0.2) is 5.60 Å². The number of ether oxygens (including phenoxy) is 2. The Morgan fingerprint density at radius 1 is 1.15 bits per heavy atom. The number of hydrogen-bond acceptors (Lipinski definition) is 5. The lowest BCUT2D eigenvalue weighted by Gasteiger charge is -2.39. The Labute approximate surface area is 198 Å². The molecule has 1 aliphatic carbocycles. The van der Waals surface area contributed by atoms with Crippen LogP contribution in [0.3, 0.4) is 0 Å². The normalized spacial score (nSPS) is 20.2. The van der Waals surface area contributed by atoms with Crippen molar-refractivity contribution in [3.05, 3.63) is 59.7 Å². The molecule has 1 saturated heterocycles. The molecule has 1 heterocycles. The van der Waals surface area contributed by atoms with Gasteiger partial charge in [-0.1, -0.05) is 61.9 Å². The van der Waals surface area contributed by atoms with Crippen LogP contribution in [0.2, 0.25) is 0 Å². The lowest BCUT2D eigenvalue weighted by atomic mass is 9.98. The first-order chi connectivity index (χ1) is 16.3. The summed E-state index contributed by atoms with van der Waals surface area (Å²) in [6.45, 7) is 3.84. The number of fused-ring (bicyclic) bond motifs is 3. The molecule has 1 fully saturated rings. The second-order valence-electron chi connectivity index (χ2n) is 8.96. The predicted octanol–water partition coefficient (Wildman–Crippen LogP) is 3.40. The molecule has 0 spiro atoms. The zero-order valence-corrected chi connectivity index (χ0v) is 19.5. The van der Waals surface area contributed by atoms with E-state index in [2.05, 4.69) is 17.4 Å². The molecule has 2 unspecified atom stereocenters. The highest BCUT2D eigenvalue weighted by Crippen LogP contribution is 2.44. The Morgan fingerprint density at radius 3 is 2.35 bits per heavy atom. The number of benzene rings is 2. The Balaban J connectivity index is 1.41. The molecule has 180 valence electrons. The number of carboxylic acids is 1. The van der Waals surface area contributed by atoms with E-state index in [0.717, 1.165) is 22.3 Å². The Kier molecular flexibility index (Phi) is 6.88. The van der Waals surface area contributed by atoms with Crippen LogP contribution in [-0.4, -0.2) is 65.9 Å². The SMILES string of the molecule is CCCC(NC(=O)OCC1c2ccccc2-c2ccccc21)C(=O)N1CCOC(C)(C(=O)O)C1. The van der Waals surface area contributed by atoms with Crippen LogP contribution in [0.15, 0.2) is 48.5 Å². The summed E-state index contributed by atoms with van der Waals surface area (Å²) in [5, 5.41) is 12.1. The van der Waals surface area contributed by atoms with Gasteiger partial charge in [0.2, 0.25) is 5.91 Å². The average Bonchev–Trinajstić information content (AvgIpc) is 3.16. The van der Waals surface area contributed by atoms with Crippen molar-refractivity contribution in [2.24, 2.45) is 0 Å². The van der Waals surface area contributed by atoms with Crippen molar-refractivity contribution in [1.29, 1.82) is 0 Å². The third-order valence-corrected chi connectivity index (χ3v) is 6.55. The van der Waals surface area contributed by atoms with Crippen LogP contribution in [-0.2, 0) is 19.1 Å². The number of morpholine rings is 1. The highest BCUT2D eigenvalue weighted by atomic mass is 16.5. The molecule has 2 atom stereocenters. The number of carboxylic acid groups (broad SMARTS) is 1. The second-order valence-corrected chi connectivity index (χ2v) is 8.96. The van der Waals surface area contributed by atoms with E-state index in [-0.39, 0.29) is 38.1 Å². The van der Waals surface area contributed by atoms with Gasteiger partial charge >= 0.3 is 12.1 Å². The summed E-state index contributed by atoms with van der Waals surface area (Å²) in [5.74, 6) is -1.53. The summed E-state index contributed by atoms with van der Waals surface area (Å²) in [5.41, 5.74) is 3.03. The van der Waals surface area contributed by atoms with Gasteiger partial charge in [0.25, 0.3) is 0 Å². The third-order valence-electron chi connectivity index (χ3n) is 6.55. The van der Waals surface area contributed by atoms with Gasteiger partial charge in [-0.2, -0.15) is 0 Å². The van der Waals surface area contributed by atoms with E-state index in [1.165, 1.54) is 11.8 Å². The molecule has 8 nitrogen and oxygen atoms in total. The van der Waals surface area contributed by atoms with Gasteiger partial charge in [0.1, 0.15) is 12.6 Å².